The minimum Gasteiger partial charge on any atom is -0.459 e. The molecule has 0 aliphatic rings. The fourth-order valence-electron chi connectivity index (χ4n) is 2.47. The molecular formula is C17H15N5O2S. The first-order chi connectivity index (χ1) is 12.2. The van der Waals surface area contributed by atoms with E-state index in [1.54, 1.807) is 18.4 Å². The third kappa shape index (κ3) is 3.08. The molecule has 0 aliphatic carbocycles. The molecule has 8 heteroatoms. The van der Waals surface area contributed by atoms with Crippen LogP contribution in [0.25, 0.3) is 17.3 Å². The van der Waals surface area contributed by atoms with Crippen molar-refractivity contribution in [3.63, 3.8) is 0 Å². The van der Waals surface area contributed by atoms with E-state index in [1.165, 1.54) is 11.8 Å². The Kier molecular flexibility index (Phi) is 4.10. The predicted octanol–water partition coefficient (Wildman–Crippen LogP) is 3.82. The lowest BCUT2D eigenvalue weighted by molar-refractivity contribution is 0.494. The Hall–Kier alpha value is -2.87. The van der Waals surface area contributed by atoms with Crippen LogP contribution in [0.2, 0.25) is 0 Å². The van der Waals surface area contributed by atoms with E-state index in [2.05, 4.69) is 39.5 Å². The van der Waals surface area contributed by atoms with Gasteiger partial charge in [0.2, 0.25) is 5.89 Å². The normalized spacial score (nSPS) is 11.1. The van der Waals surface area contributed by atoms with Gasteiger partial charge in [-0.2, -0.15) is 0 Å². The van der Waals surface area contributed by atoms with Gasteiger partial charge in [-0.25, -0.2) is 0 Å². The number of hydrogen-bond acceptors (Lipinski definition) is 7. The van der Waals surface area contributed by atoms with Crippen molar-refractivity contribution in [2.75, 3.05) is 0 Å². The Balaban J connectivity index is 1.56. The van der Waals surface area contributed by atoms with Gasteiger partial charge < -0.3 is 8.83 Å². The number of nitrogens with zero attached hydrogens (tertiary/aromatic N) is 5. The van der Waals surface area contributed by atoms with Gasteiger partial charge in [0, 0.05) is 0 Å². The summed E-state index contributed by atoms with van der Waals surface area (Å²) in [5.41, 5.74) is 2.22. The van der Waals surface area contributed by atoms with Gasteiger partial charge in [-0.15, -0.1) is 20.4 Å². The number of aromatic nitrogens is 5. The van der Waals surface area contributed by atoms with Crippen LogP contribution in [0.3, 0.4) is 0 Å². The van der Waals surface area contributed by atoms with Crippen LogP contribution in [0.4, 0.5) is 0 Å². The molecule has 0 spiro atoms. The Labute approximate surface area is 148 Å². The lowest BCUT2D eigenvalue weighted by Gasteiger charge is -2.10. The maximum Gasteiger partial charge on any atom is 0.283 e. The number of rotatable bonds is 5. The van der Waals surface area contributed by atoms with Crippen molar-refractivity contribution in [2.45, 2.75) is 24.8 Å². The first-order valence-electron chi connectivity index (χ1n) is 7.69. The number of para-hydroxylation sites is 1. The van der Waals surface area contributed by atoms with Crippen molar-refractivity contribution in [3.05, 3.63) is 59.9 Å². The van der Waals surface area contributed by atoms with Crippen LogP contribution in [-0.2, 0) is 5.75 Å². The lowest BCUT2D eigenvalue weighted by atomic mass is 10.2. The van der Waals surface area contributed by atoms with E-state index in [0.29, 0.717) is 23.3 Å². The van der Waals surface area contributed by atoms with Crippen LogP contribution in [0.1, 0.15) is 17.3 Å². The SMILES string of the molecule is Cc1ccccc1-n1c(C)nnc1SCc1nnc(-c2ccco2)o1. The molecule has 0 atom stereocenters. The summed E-state index contributed by atoms with van der Waals surface area (Å²) in [7, 11) is 0. The van der Waals surface area contributed by atoms with Gasteiger partial charge in [0.05, 0.1) is 17.7 Å². The second-order valence-electron chi connectivity index (χ2n) is 5.42. The zero-order valence-corrected chi connectivity index (χ0v) is 14.5. The maximum absolute atomic E-state index is 5.63. The highest BCUT2D eigenvalue weighted by Crippen LogP contribution is 2.27. The van der Waals surface area contributed by atoms with E-state index < -0.39 is 0 Å². The molecule has 0 saturated heterocycles. The maximum atomic E-state index is 5.63. The second-order valence-corrected chi connectivity index (χ2v) is 6.36. The van der Waals surface area contributed by atoms with E-state index in [0.717, 1.165) is 22.2 Å². The molecule has 0 bridgehead atoms. The summed E-state index contributed by atoms with van der Waals surface area (Å²) >= 11 is 1.50. The number of furan rings is 1. The van der Waals surface area contributed by atoms with Crippen molar-refractivity contribution in [1.82, 2.24) is 25.0 Å². The van der Waals surface area contributed by atoms with E-state index in [4.69, 9.17) is 8.83 Å². The van der Waals surface area contributed by atoms with Crippen LogP contribution in [-0.4, -0.2) is 25.0 Å². The third-order valence-electron chi connectivity index (χ3n) is 3.68. The fourth-order valence-corrected chi connectivity index (χ4v) is 3.29. The molecule has 4 aromatic rings. The van der Waals surface area contributed by atoms with Gasteiger partial charge in [0.1, 0.15) is 5.82 Å². The average molecular weight is 353 g/mol. The van der Waals surface area contributed by atoms with Gasteiger partial charge in [-0.3, -0.25) is 4.57 Å². The summed E-state index contributed by atoms with van der Waals surface area (Å²) < 4.78 is 12.9. The molecule has 7 nitrogen and oxygen atoms in total. The minimum atomic E-state index is 0.372. The molecule has 3 aromatic heterocycles. The average Bonchev–Trinajstić information content (AvgIpc) is 3.34. The van der Waals surface area contributed by atoms with Gasteiger partial charge in [-0.05, 0) is 37.6 Å². The molecule has 126 valence electrons. The van der Waals surface area contributed by atoms with Crippen LogP contribution < -0.4 is 0 Å². The van der Waals surface area contributed by atoms with Gasteiger partial charge in [0.25, 0.3) is 5.89 Å². The van der Waals surface area contributed by atoms with E-state index in [1.807, 2.05) is 23.6 Å². The van der Waals surface area contributed by atoms with E-state index >= 15 is 0 Å². The second kappa shape index (κ2) is 6.56. The molecule has 0 radical (unpaired) electrons. The van der Waals surface area contributed by atoms with Gasteiger partial charge >= 0.3 is 0 Å². The predicted molar refractivity (Wildman–Crippen MR) is 92.4 cm³/mol. The summed E-state index contributed by atoms with van der Waals surface area (Å²) in [5.74, 6) is 2.77. The molecular weight excluding hydrogens is 338 g/mol. The molecule has 0 N–H and O–H groups in total. The first-order valence-corrected chi connectivity index (χ1v) is 8.68. The summed E-state index contributed by atoms with van der Waals surface area (Å²) in [4.78, 5) is 0. The van der Waals surface area contributed by atoms with Crippen molar-refractivity contribution in [2.24, 2.45) is 0 Å². The number of aryl methyl sites for hydroxylation is 2. The van der Waals surface area contributed by atoms with Crippen molar-refractivity contribution in [1.29, 1.82) is 0 Å². The van der Waals surface area contributed by atoms with Crippen molar-refractivity contribution in [3.8, 4) is 17.3 Å². The highest BCUT2D eigenvalue weighted by molar-refractivity contribution is 7.98. The smallest absolute Gasteiger partial charge is 0.283 e. The monoisotopic (exact) mass is 353 g/mol. The fraction of sp³-hybridized carbons (Fsp3) is 0.176. The van der Waals surface area contributed by atoms with Crippen molar-refractivity contribution >= 4 is 11.8 Å². The third-order valence-corrected chi connectivity index (χ3v) is 4.59. The molecule has 0 unspecified atom stereocenters. The highest BCUT2D eigenvalue weighted by atomic mass is 32.2. The van der Waals surface area contributed by atoms with Gasteiger partial charge in [0.15, 0.2) is 10.9 Å². The molecule has 3 heterocycles. The summed E-state index contributed by atoms with van der Waals surface area (Å²) in [5, 5.41) is 17.3. The molecule has 0 amide bonds. The number of thioether (sulfide) groups is 1. The molecule has 4 rings (SSSR count). The number of hydrogen-bond donors (Lipinski definition) is 0. The summed E-state index contributed by atoms with van der Waals surface area (Å²) in [6.45, 7) is 4.00. The van der Waals surface area contributed by atoms with Crippen LogP contribution in [0, 0.1) is 13.8 Å². The Morgan fingerprint density at radius 1 is 1.00 bits per heavy atom. The standard InChI is InChI=1S/C17H15N5O2S/c1-11-6-3-4-7-13(11)22-12(2)18-21-17(22)25-10-15-19-20-16(24-15)14-8-5-9-23-14/h3-9H,10H2,1-2H3. The molecule has 0 aliphatic heterocycles. The minimum absolute atomic E-state index is 0.372. The molecule has 1 aromatic carbocycles. The lowest BCUT2D eigenvalue weighted by Crippen LogP contribution is -2.01. The Morgan fingerprint density at radius 3 is 2.68 bits per heavy atom. The topological polar surface area (TPSA) is 82.8 Å². The molecule has 0 fully saturated rings. The van der Waals surface area contributed by atoms with Crippen LogP contribution in [0.15, 0.2) is 56.7 Å². The largest absolute Gasteiger partial charge is 0.459 e. The Bertz CT molecular complexity index is 990. The van der Waals surface area contributed by atoms with Gasteiger partial charge in [-0.1, -0.05) is 30.0 Å². The summed E-state index contributed by atoms with van der Waals surface area (Å²) in [6, 6.07) is 11.7. The highest BCUT2D eigenvalue weighted by Gasteiger charge is 2.16. The van der Waals surface area contributed by atoms with Crippen LogP contribution in [0.5, 0.6) is 0 Å². The zero-order valence-electron chi connectivity index (χ0n) is 13.7. The molecule has 0 saturated carbocycles. The first kappa shape index (κ1) is 15.6. The van der Waals surface area contributed by atoms with E-state index in [-0.39, 0.29) is 0 Å². The van der Waals surface area contributed by atoms with Crippen molar-refractivity contribution < 1.29 is 8.83 Å². The Morgan fingerprint density at radius 2 is 1.88 bits per heavy atom. The zero-order chi connectivity index (χ0) is 17.2. The molecule has 25 heavy (non-hydrogen) atoms. The number of benzene rings is 1. The van der Waals surface area contributed by atoms with E-state index in [9.17, 15) is 0 Å². The summed E-state index contributed by atoms with van der Waals surface area (Å²) in [6.07, 6.45) is 1.57. The van der Waals surface area contributed by atoms with Crippen LogP contribution >= 0.6 is 11.8 Å². The quantitative estimate of drug-likeness (QED) is 0.504.